The van der Waals surface area contributed by atoms with Crippen LogP contribution in [0.2, 0.25) is 5.02 Å². The molecule has 5 rings (SSSR count). The minimum absolute atomic E-state index is 0.0992. The van der Waals surface area contributed by atoms with Gasteiger partial charge in [-0.15, -0.1) is 0 Å². The van der Waals surface area contributed by atoms with Crippen LogP contribution in [-0.2, 0) is 12.6 Å². The summed E-state index contributed by atoms with van der Waals surface area (Å²) in [5, 5.41) is 1.29. The minimum atomic E-state index is -4.69. The quantitative estimate of drug-likeness (QED) is 0.351. The fourth-order valence-electron chi connectivity index (χ4n) is 4.36. The van der Waals surface area contributed by atoms with Gasteiger partial charge in [-0.25, -0.2) is 14.4 Å². The average molecular weight is 495 g/mol. The normalized spacial score (nSPS) is 16.1. The molecule has 0 amide bonds. The van der Waals surface area contributed by atoms with Gasteiger partial charge in [-0.05, 0) is 48.4 Å². The molecular formula is C23H16ClF5N4O. The van der Waals surface area contributed by atoms with Crippen LogP contribution in [-0.4, -0.2) is 28.6 Å². The molecular weight excluding hydrogens is 479 g/mol. The first-order chi connectivity index (χ1) is 16.2. The molecule has 176 valence electrons. The third-order valence-corrected chi connectivity index (χ3v) is 6.11. The van der Waals surface area contributed by atoms with E-state index in [-0.39, 0.29) is 23.8 Å². The summed E-state index contributed by atoms with van der Waals surface area (Å²) in [5.74, 6) is -2.91. The van der Waals surface area contributed by atoms with Gasteiger partial charge in [0.1, 0.15) is 11.7 Å². The third-order valence-electron chi connectivity index (χ3n) is 5.87. The second kappa shape index (κ2) is 8.12. The Morgan fingerprint density at radius 2 is 1.91 bits per heavy atom. The van der Waals surface area contributed by atoms with E-state index < -0.39 is 29.5 Å². The molecule has 1 atom stereocenters. The lowest BCUT2D eigenvalue weighted by Crippen LogP contribution is -2.38. The van der Waals surface area contributed by atoms with Crippen LogP contribution < -0.4 is 9.64 Å². The molecule has 1 aliphatic heterocycles. The van der Waals surface area contributed by atoms with Crippen molar-refractivity contribution in [3.63, 3.8) is 0 Å². The molecule has 0 bridgehead atoms. The Kier molecular flexibility index (Phi) is 5.35. The number of nitrogens with zero attached hydrogens (tertiary/aromatic N) is 3. The van der Waals surface area contributed by atoms with Gasteiger partial charge in [0, 0.05) is 39.9 Å². The lowest BCUT2D eigenvalue weighted by Gasteiger charge is -2.36. The van der Waals surface area contributed by atoms with Crippen molar-refractivity contribution in [2.24, 2.45) is 0 Å². The van der Waals surface area contributed by atoms with Gasteiger partial charge >= 0.3 is 6.18 Å². The fourth-order valence-corrected chi connectivity index (χ4v) is 4.53. The zero-order valence-electron chi connectivity index (χ0n) is 17.6. The number of H-pyrrole nitrogens is 1. The van der Waals surface area contributed by atoms with Gasteiger partial charge < -0.3 is 14.6 Å². The summed E-state index contributed by atoms with van der Waals surface area (Å²) in [6.45, 7) is 0.158. The number of alkyl halides is 3. The molecule has 2 aromatic heterocycles. The van der Waals surface area contributed by atoms with E-state index in [4.69, 9.17) is 16.3 Å². The van der Waals surface area contributed by atoms with Gasteiger partial charge in [-0.1, -0.05) is 11.6 Å². The van der Waals surface area contributed by atoms with Crippen molar-refractivity contribution < 1.29 is 26.7 Å². The Morgan fingerprint density at radius 1 is 1.12 bits per heavy atom. The molecule has 4 aromatic rings. The summed E-state index contributed by atoms with van der Waals surface area (Å²) in [6.07, 6.45) is -3.30. The second-order valence-electron chi connectivity index (χ2n) is 7.78. The zero-order valence-corrected chi connectivity index (χ0v) is 18.3. The summed E-state index contributed by atoms with van der Waals surface area (Å²) in [5.41, 5.74) is 0.778. The number of aromatic amines is 1. The molecule has 0 spiro atoms. The van der Waals surface area contributed by atoms with Crippen LogP contribution in [0.25, 0.3) is 10.9 Å². The van der Waals surface area contributed by atoms with Crippen LogP contribution in [0.1, 0.15) is 28.6 Å². The maximum Gasteiger partial charge on any atom is 0.433 e. The van der Waals surface area contributed by atoms with E-state index in [9.17, 15) is 17.6 Å². The first-order valence-electron chi connectivity index (χ1n) is 10.2. The monoisotopic (exact) mass is 494 g/mol. The number of anilines is 1. The molecule has 34 heavy (non-hydrogen) atoms. The maximum atomic E-state index is 15.3. The van der Waals surface area contributed by atoms with Crippen LogP contribution in [0.15, 0.2) is 42.6 Å². The largest absolute Gasteiger partial charge is 0.494 e. The van der Waals surface area contributed by atoms with Gasteiger partial charge in [-0.3, -0.25) is 0 Å². The molecule has 11 heteroatoms. The van der Waals surface area contributed by atoms with E-state index >= 15 is 4.39 Å². The van der Waals surface area contributed by atoms with Crippen LogP contribution in [0.5, 0.6) is 5.75 Å². The van der Waals surface area contributed by atoms with E-state index in [1.54, 1.807) is 18.2 Å². The van der Waals surface area contributed by atoms with Gasteiger partial charge in [0.25, 0.3) is 0 Å². The van der Waals surface area contributed by atoms with Crippen LogP contribution >= 0.6 is 11.6 Å². The van der Waals surface area contributed by atoms with E-state index in [2.05, 4.69) is 15.0 Å². The van der Waals surface area contributed by atoms with Gasteiger partial charge in [-0.2, -0.15) is 17.6 Å². The Morgan fingerprint density at radius 3 is 2.65 bits per heavy atom. The fraction of sp³-hybridized carbons (Fsp3) is 0.217. The Hall–Kier alpha value is -3.40. The summed E-state index contributed by atoms with van der Waals surface area (Å²) >= 11 is 6.16. The molecule has 3 heterocycles. The number of rotatable bonds is 3. The smallest absolute Gasteiger partial charge is 0.433 e. The van der Waals surface area contributed by atoms with Crippen molar-refractivity contribution in [3.05, 3.63) is 81.8 Å². The SMILES string of the molecule is COc1ccc(C2c3[nH]c4ccc(Cl)cc4c3CCN2c2nccc(C(F)(F)F)n2)c(F)c1F. The van der Waals surface area contributed by atoms with Crippen molar-refractivity contribution in [1.29, 1.82) is 0 Å². The summed E-state index contributed by atoms with van der Waals surface area (Å²) in [7, 11) is 1.21. The topological polar surface area (TPSA) is 54.0 Å². The van der Waals surface area contributed by atoms with Crippen molar-refractivity contribution in [3.8, 4) is 5.75 Å². The van der Waals surface area contributed by atoms with Crippen molar-refractivity contribution in [2.75, 3.05) is 18.6 Å². The predicted molar refractivity (Wildman–Crippen MR) is 116 cm³/mol. The maximum absolute atomic E-state index is 15.3. The molecule has 5 nitrogen and oxygen atoms in total. The predicted octanol–water partition coefficient (Wildman–Crippen LogP) is 6.07. The molecule has 1 unspecified atom stereocenters. The standard InChI is InChI=1S/C23H16ClF5N4O/c1-34-16-5-3-13(18(25)19(16)26)21-20-12(14-10-11(24)2-4-15(14)31-20)7-9-33(21)22-30-8-6-17(32-22)23(27,28)29/h2-6,8,10,21,31H,7,9H2,1H3. The van der Waals surface area contributed by atoms with E-state index in [0.717, 1.165) is 23.2 Å². The number of halogens is 6. The van der Waals surface area contributed by atoms with Crippen LogP contribution in [0.3, 0.4) is 0 Å². The molecule has 1 N–H and O–H groups in total. The molecule has 0 aliphatic carbocycles. The highest BCUT2D eigenvalue weighted by Crippen LogP contribution is 2.42. The number of nitrogens with one attached hydrogen (secondary N) is 1. The Bertz CT molecular complexity index is 1400. The molecule has 0 saturated heterocycles. The number of hydrogen-bond donors (Lipinski definition) is 1. The first-order valence-corrected chi connectivity index (χ1v) is 10.6. The van der Waals surface area contributed by atoms with E-state index in [0.29, 0.717) is 22.7 Å². The summed E-state index contributed by atoms with van der Waals surface area (Å²) in [4.78, 5) is 12.3. The summed E-state index contributed by atoms with van der Waals surface area (Å²) in [6, 6.07) is 7.53. The Labute approximate surface area is 195 Å². The average Bonchev–Trinajstić information content (AvgIpc) is 3.18. The Balaban J connectivity index is 1.74. The minimum Gasteiger partial charge on any atom is -0.494 e. The number of fused-ring (bicyclic) bond motifs is 3. The molecule has 1 aliphatic rings. The van der Waals surface area contributed by atoms with Crippen molar-refractivity contribution >= 4 is 28.5 Å². The number of hydrogen-bond acceptors (Lipinski definition) is 4. The molecule has 0 fully saturated rings. The third kappa shape index (κ3) is 3.62. The number of methoxy groups -OCH3 is 1. The molecule has 2 aromatic carbocycles. The highest BCUT2D eigenvalue weighted by molar-refractivity contribution is 6.31. The van der Waals surface area contributed by atoms with E-state index in [1.165, 1.54) is 24.1 Å². The van der Waals surface area contributed by atoms with Gasteiger partial charge in [0.2, 0.25) is 11.8 Å². The zero-order chi connectivity index (χ0) is 24.2. The van der Waals surface area contributed by atoms with Gasteiger partial charge in [0.05, 0.1) is 7.11 Å². The lowest BCUT2D eigenvalue weighted by atomic mass is 9.92. The van der Waals surface area contributed by atoms with Crippen molar-refractivity contribution in [1.82, 2.24) is 15.0 Å². The molecule has 0 saturated carbocycles. The number of aromatic nitrogens is 3. The lowest BCUT2D eigenvalue weighted by molar-refractivity contribution is -0.141. The summed E-state index contributed by atoms with van der Waals surface area (Å²) < 4.78 is 74.8. The first kappa shape index (κ1) is 22.4. The van der Waals surface area contributed by atoms with E-state index in [1.807, 2.05) is 0 Å². The highest BCUT2D eigenvalue weighted by atomic mass is 35.5. The molecule has 0 radical (unpaired) electrons. The van der Waals surface area contributed by atoms with Crippen LogP contribution in [0.4, 0.5) is 27.9 Å². The highest BCUT2D eigenvalue weighted by Gasteiger charge is 2.38. The van der Waals surface area contributed by atoms with Crippen molar-refractivity contribution in [2.45, 2.75) is 18.6 Å². The number of ether oxygens (including phenoxy) is 1. The second-order valence-corrected chi connectivity index (χ2v) is 8.21. The number of benzene rings is 2. The van der Waals surface area contributed by atoms with Crippen LogP contribution in [0, 0.1) is 11.6 Å². The van der Waals surface area contributed by atoms with Gasteiger partial charge in [0.15, 0.2) is 11.6 Å².